The number of aliphatic hydroxyl groups is 1. The Morgan fingerprint density at radius 2 is 2.50 bits per heavy atom. The van der Waals surface area contributed by atoms with Crippen molar-refractivity contribution in [1.82, 2.24) is 9.88 Å². The van der Waals surface area contributed by atoms with Crippen molar-refractivity contribution in [2.45, 2.75) is 25.4 Å². The summed E-state index contributed by atoms with van der Waals surface area (Å²) in [7, 11) is 0. The Labute approximate surface area is 95.1 Å². The number of aliphatic hydroxyl groups excluding tert-OH is 1. The van der Waals surface area contributed by atoms with E-state index in [0.29, 0.717) is 12.2 Å². The summed E-state index contributed by atoms with van der Waals surface area (Å²) in [6.07, 6.45) is 3.79. The summed E-state index contributed by atoms with van der Waals surface area (Å²) in [4.78, 5) is 6.26. The van der Waals surface area contributed by atoms with Crippen LogP contribution in [0.4, 0.5) is 0 Å². The minimum Gasteiger partial charge on any atom is -0.395 e. The van der Waals surface area contributed by atoms with Gasteiger partial charge in [-0.15, -0.1) is 0 Å². The Kier molecular flexibility index (Phi) is 3.50. The summed E-state index contributed by atoms with van der Waals surface area (Å²) in [6.45, 7) is 1.90. The van der Waals surface area contributed by atoms with Crippen LogP contribution in [0.5, 0.6) is 0 Å². The number of pyridine rings is 1. The van der Waals surface area contributed by atoms with Gasteiger partial charge in [0.1, 0.15) is 11.8 Å². The van der Waals surface area contributed by atoms with E-state index in [0.717, 1.165) is 24.9 Å². The largest absolute Gasteiger partial charge is 0.395 e. The van der Waals surface area contributed by atoms with Crippen LogP contribution in [0, 0.1) is 11.3 Å². The van der Waals surface area contributed by atoms with Gasteiger partial charge in [-0.25, -0.2) is 4.98 Å². The maximum Gasteiger partial charge on any atom is 0.144 e. The van der Waals surface area contributed by atoms with Gasteiger partial charge in [-0.3, -0.25) is 4.90 Å². The summed E-state index contributed by atoms with van der Waals surface area (Å²) in [5.41, 5.74) is 1.44. The van der Waals surface area contributed by atoms with Crippen molar-refractivity contribution in [3.05, 3.63) is 29.6 Å². The molecule has 1 atom stereocenters. The quantitative estimate of drug-likeness (QED) is 0.817. The second-order valence-corrected chi connectivity index (χ2v) is 4.07. The fourth-order valence-electron chi connectivity index (χ4n) is 2.20. The van der Waals surface area contributed by atoms with E-state index in [1.807, 2.05) is 12.1 Å². The molecule has 2 rings (SSSR count). The molecule has 1 aliphatic rings. The molecule has 1 N–H and O–H groups in total. The summed E-state index contributed by atoms with van der Waals surface area (Å²) >= 11 is 0. The molecule has 84 valence electrons. The molecule has 0 aliphatic carbocycles. The van der Waals surface area contributed by atoms with Crippen LogP contribution in [0.3, 0.4) is 0 Å². The Balaban J connectivity index is 2.12. The zero-order valence-corrected chi connectivity index (χ0v) is 9.13. The highest BCUT2D eigenvalue weighted by Crippen LogP contribution is 2.20. The van der Waals surface area contributed by atoms with Gasteiger partial charge >= 0.3 is 0 Å². The number of aromatic nitrogens is 1. The average molecular weight is 217 g/mol. The van der Waals surface area contributed by atoms with E-state index in [4.69, 9.17) is 5.26 Å². The molecule has 0 spiro atoms. The summed E-state index contributed by atoms with van der Waals surface area (Å²) in [5.74, 6) is 0. The van der Waals surface area contributed by atoms with Crippen molar-refractivity contribution >= 4 is 0 Å². The summed E-state index contributed by atoms with van der Waals surface area (Å²) in [5, 5.41) is 18.2. The number of rotatable bonds is 3. The summed E-state index contributed by atoms with van der Waals surface area (Å²) in [6, 6.07) is 6.12. The van der Waals surface area contributed by atoms with Gasteiger partial charge in [-0.05, 0) is 25.5 Å². The third-order valence-electron chi connectivity index (χ3n) is 3.08. The lowest BCUT2D eigenvalue weighted by atomic mass is 10.1. The normalized spacial score (nSPS) is 20.9. The number of hydrogen-bond acceptors (Lipinski definition) is 4. The predicted octanol–water partition coefficient (Wildman–Crippen LogP) is 0.910. The molecule has 1 aromatic rings. The topological polar surface area (TPSA) is 60.2 Å². The molecule has 4 nitrogen and oxygen atoms in total. The van der Waals surface area contributed by atoms with Crippen LogP contribution in [0.2, 0.25) is 0 Å². The van der Waals surface area contributed by atoms with E-state index in [1.165, 1.54) is 0 Å². The van der Waals surface area contributed by atoms with E-state index >= 15 is 0 Å². The van der Waals surface area contributed by atoms with Gasteiger partial charge in [-0.1, -0.05) is 6.07 Å². The van der Waals surface area contributed by atoms with Crippen LogP contribution in [-0.2, 0) is 6.54 Å². The van der Waals surface area contributed by atoms with Gasteiger partial charge in [0.05, 0.1) is 6.61 Å². The van der Waals surface area contributed by atoms with E-state index in [1.54, 1.807) is 6.20 Å². The zero-order chi connectivity index (χ0) is 11.4. The number of nitriles is 1. The van der Waals surface area contributed by atoms with Crippen LogP contribution in [-0.4, -0.2) is 34.2 Å². The molecule has 0 bridgehead atoms. The lowest BCUT2D eigenvalue weighted by Gasteiger charge is -2.22. The molecule has 0 radical (unpaired) electrons. The third kappa shape index (κ3) is 2.21. The Bertz CT molecular complexity index is 399. The van der Waals surface area contributed by atoms with Crippen LogP contribution in [0.1, 0.15) is 24.1 Å². The standard InChI is InChI=1S/C12H15N3O/c13-7-12-10(3-1-5-14-12)8-15-6-2-4-11(15)9-16/h1,3,5,11,16H,2,4,6,8-9H2/t11-/m1/s1. The third-order valence-corrected chi connectivity index (χ3v) is 3.08. The molecule has 1 fully saturated rings. The molecule has 0 aromatic carbocycles. The molecule has 2 heterocycles. The molecule has 0 unspecified atom stereocenters. The van der Waals surface area contributed by atoms with Gasteiger partial charge in [0.15, 0.2) is 0 Å². The second-order valence-electron chi connectivity index (χ2n) is 4.07. The molecule has 1 aliphatic heterocycles. The van der Waals surface area contributed by atoms with Crippen molar-refractivity contribution in [2.24, 2.45) is 0 Å². The van der Waals surface area contributed by atoms with Crippen LogP contribution >= 0.6 is 0 Å². The smallest absolute Gasteiger partial charge is 0.144 e. The van der Waals surface area contributed by atoms with Crippen molar-refractivity contribution in [3.8, 4) is 6.07 Å². The van der Waals surface area contributed by atoms with Gasteiger partial charge in [0, 0.05) is 24.3 Å². The minimum atomic E-state index is 0.197. The van der Waals surface area contributed by atoms with Gasteiger partial charge < -0.3 is 5.11 Å². The second kappa shape index (κ2) is 5.06. The number of likely N-dealkylation sites (tertiary alicyclic amines) is 1. The van der Waals surface area contributed by atoms with E-state index in [9.17, 15) is 5.11 Å². The molecule has 4 heteroatoms. The first-order valence-electron chi connectivity index (χ1n) is 5.54. The molecule has 16 heavy (non-hydrogen) atoms. The Hall–Kier alpha value is -1.44. The van der Waals surface area contributed by atoms with E-state index < -0.39 is 0 Å². The van der Waals surface area contributed by atoms with Crippen LogP contribution < -0.4 is 0 Å². The van der Waals surface area contributed by atoms with Crippen molar-refractivity contribution in [3.63, 3.8) is 0 Å². The van der Waals surface area contributed by atoms with Gasteiger partial charge in [0.25, 0.3) is 0 Å². The first kappa shape index (κ1) is 11.1. The van der Waals surface area contributed by atoms with Gasteiger partial charge in [0.2, 0.25) is 0 Å². The zero-order valence-electron chi connectivity index (χ0n) is 9.13. The maximum atomic E-state index is 9.22. The molecular weight excluding hydrogens is 202 g/mol. The van der Waals surface area contributed by atoms with E-state index in [2.05, 4.69) is 16.0 Å². The number of nitrogens with zero attached hydrogens (tertiary/aromatic N) is 3. The lowest BCUT2D eigenvalue weighted by molar-refractivity contribution is 0.153. The first-order chi connectivity index (χ1) is 7.85. The van der Waals surface area contributed by atoms with Crippen molar-refractivity contribution < 1.29 is 5.11 Å². The van der Waals surface area contributed by atoms with Crippen molar-refractivity contribution in [2.75, 3.05) is 13.2 Å². The highest BCUT2D eigenvalue weighted by Gasteiger charge is 2.24. The molecular formula is C12H15N3O. The Morgan fingerprint density at radius 1 is 1.62 bits per heavy atom. The SMILES string of the molecule is N#Cc1ncccc1CN1CCC[C@@H]1CO. The molecule has 1 saturated heterocycles. The minimum absolute atomic E-state index is 0.197. The molecule has 0 saturated carbocycles. The van der Waals surface area contributed by atoms with Crippen molar-refractivity contribution in [1.29, 1.82) is 5.26 Å². The monoisotopic (exact) mass is 217 g/mol. The predicted molar refractivity (Wildman–Crippen MR) is 59.5 cm³/mol. The summed E-state index contributed by atoms with van der Waals surface area (Å²) < 4.78 is 0. The highest BCUT2D eigenvalue weighted by molar-refractivity contribution is 5.30. The number of hydrogen-bond donors (Lipinski definition) is 1. The lowest BCUT2D eigenvalue weighted by Crippen LogP contribution is -2.31. The first-order valence-corrected chi connectivity index (χ1v) is 5.54. The van der Waals surface area contributed by atoms with E-state index in [-0.39, 0.29) is 12.6 Å². The molecule has 0 amide bonds. The maximum absolute atomic E-state index is 9.22. The Morgan fingerprint density at radius 3 is 3.25 bits per heavy atom. The van der Waals surface area contributed by atoms with Gasteiger partial charge in [-0.2, -0.15) is 5.26 Å². The fraction of sp³-hybridized carbons (Fsp3) is 0.500. The molecule has 1 aromatic heterocycles. The van der Waals surface area contributed by atoms with Crippen LogP contribution in [0.15, 0.2) is 18.3 Å². The highest BCUT2D eigenvalue weighted by atomic mass is 16.3. The van der Waals surface area contributed by atoms with Crippen LogP contribution in [0.25, 0.3) is 0 Å². The fourth-order valence-corrected chi connectivity index (χ4v) is 2.20. The average Bonchev–Trinajstić information content (AvgIpc) is 2.77.